The summed E-state index contributed by atoms with van der Waals surface area (Å²) in [6.07, 6.45) is 2.97. The van der Waals surface area contributed by atoms with Gasteiger partial charge >= 0.3 is 0 Å². The molecule has 0 atom stereocenters. The number of amides is 1. The van der Waals surface area contributed by atoms with E-state index < -0.39 is 0 Å². The highest BCUT2D eigenvalue weighted by atomic mass is 35.5. The number of fused-ring (bicyclic) bond motifs is 1. The van der Waals surface area contributed by atoms with Gasteiger partial charge in [-0.3, -0.25) is 4.79 Å². The van der Waals surface area contributed by atoms with Gasteiger partial charge in [-0.05, 0) is 18.2 Å². The first-order valence-corrected chi connectivity index (χ1v) is 6.06. The average molecular weight is 293 g/mol. The third-order valence-corrected chi connectivity index (χ3v) is 2.89. The Morgan fingerprint density at radius 2 is 1.89 bits per heavy atom. The Morgan fingerprint density at radius 3 is 2.63 bits per heavy atom. The summed E-state index contributed by atoms with van der Waals surface area (Å²) in [4.78, 5) is 23.8. The van der Waals surface area contributed by atoms with Crippen molar-refractivity contribution < 1.29 is 4.79 Å². The standard InChI is InChI=1S/C12H6Cl2N4O/c13-6-1-7(14)3-8(2-6)17-10-4-9-11(12(19)18-10)16-5-15-9/h1-5H,(H,17,18,19). The predicted molar refractivity (Wildman–Crippen MR) is 75.7 cm³/mol. The van der Waals surface area contributed by atoms with Crippen LogP contribution in [0.4, 0.5) is 5.69 Å². The molecule has 5 nitrogen and oxygen atoms in total. The van der Waals surface area contributed by atoms with E-state index in [1.54, 1.807) is 24.3 Å². The number of nitrogens with one attached hydrogen (secondary N) is 1. The number of amidine groups is 1. The van der Waals surface area contributed by atoms with Crippen LogP contribution in [0.25, 0.3) is 0 Å². The molecule has 2 heterocycles. The molecule has 1 aromatic carbocycles. The van der Waals surface area contributed by atoms with Crippen LogP contribution in [-0.2, 0) is 4.79 Å². The Hall–Kier alpha value is -1.98. The number of carbonyl (C=O) groups is 1. The van der Waals surface area contributed by atoms with Gasteiger partial charge in [-0.15, -0.1) is 0 Å². The molecule has 94 valence electrons. The first-order valence-electron chi connectivity index (χ1n) is 5.30. The van der Waals surface area contributed by atoms with E-state index in [1.165, 1.54) is 6.34 Å². The SMILES string of the molecule is O=C1NC(=Nc2cc(Cl)cc(Cl)c2)C=C2N=CN=C12. The predicted octanol–water partition coefficient (Wildman–Crippen LogP) is 2.52. The summed E-state index contributed by atoms with van der Waals surface area (Å²) in [5.41, 5.74) is 1.34. The molecular weight excluding hydrogens is 287 g/mol. The number of benzene rings is 1. The molecule has 0 radical (unpaired) electrons. The topological polar surface area (TPSA) is 66.2 Å². The van der Waals surface area contributed by atoms with E-state index in [9.17, 15) is 4.79 Å². The lowest BCUT2D eigenvalue weighted by Crippen LogP contribution is -2.39. The molecule has 2 aliphatic heterocycles. The van der Waals surface area contributed by atoms with E-state index in [0.717, 1.165) is 0 Å². The second-order valence-electron chi connectivity index (χ2n) is 3.83. The number of hydrogen-bond acceptors (Lipinski definition) is 4. The zero-order chi connectivity index (χ0) is 13.4. The molecule has 1 N–H and O–H groups in total. The molecule has 0 fully saturated rings. The second kappa shape index (κ2) is 4.60. The fourth-order valence-electron chi connectivity index (χ4n) is 1.70. The maximum atomic E-state index is 11.7. The van der Waals surface area contributed by atoms with Crippen LogP contribution < -0.4 is 5.32 Å². The maximum Gasteiger partial charge on any atom is 0.277 e. The number of halogens is 2. The summed E-state index contributed by atoms with van der Waals surface area (Å²) >= 11 is 11.8. The fourth-order valence-corrected chi connectivity index (χ4v) is 2.22. The van der Waals surface area contributed by atoms with Gasteiger partial charge in [-0.25, -0.2) is 15.0 Å². The Morgan fingerprint density at radius 1 is 1.16 bits per heavy atom. The summed E-state index contributed by atoms with van der Waals surface area (Å²) < 4.78 is 0. The first kappa shape index (κ1) is 12.1. The van der Waals surface area contributed by atoms with Crippen LogP contribution in [0.5, 0.6) is 0 Å². The Labute approximate surface area is 118 Å². The summed E-state index contributed by atoms with van der Waals surface area (Å²) in [5.74, 6) is 0.0400. The van der Waals surface area contributed by atoms with Crippen molar-refractivity contribution in [2.45, 2.75) is 0 Å². The minimum atomic E-state index is -0.332. The molecule has 0 bridgehead atoms. The van der Waals surface area contributed by atoms with Crippen molar-refractivity contribution in [3.63, 3.8) is 0 Å². The number of carbonyl (C=O) groups excluding carboxylic acids is 1. The minimum absolute atomic E-state index is 0.295. The molecule has 7 heteroatoms. The molecule has 0 aromatic heterocycles. The zero-order valence-electron chi connectivity index (χ0n) is 9.39. The van der Waals surface area contributed by atoms with Crippen LogP contribution in [0.2, 0.25) is 10.0 Å². The molecule has 3 rings (SSSR count). The molecule has 1 amide bonds. The van der Waals surface area contributed by atoms with Crippen LogP contribution in [0, 0.1) is 0 Å². The molecule has 2 aliphatic rings. The molecule has 1 aromatic rings. The highest BCUT2D eigenvalue weighted by Crippen LogP contribution is 2.25. The molecular formula is C12H6Cl2N4O. The highest BCUT2D eigenvalue weighted by Gasteiger charge is 2.25. The van der Waals surface area contributed by atoms with Crippen LogP contribution in [0.1, 0.15) is 0 Å². The molecule has 0 spiro atoms. The Bertz CT molecular complexity index is 683. The quantitative estimate of drug-likeness (QED) is 0.849. The number of aliphatic imine (C=N–C) groups is 3. The lowest BCUT2D eigenvalue weighted by Gasteiger charge is -2.11. The molecule has 19 heavy (non-hydrogen) atoms. The van der Waals surface area contributed by atoms with Crippen LogP contribution in [0.15, 0.2) is 44.9 Å². The summed E-state index contributed by atoms with van der Waals surface area (Å²) in [6.45, 7) is 0. The third-order valence-electron chi connectivity index (χ3n) is 2.45. The van der Waals surface area contributed by atoms with Crippen LogP contribution in [0.3, 0.4) is 0 Å². The largest absolute Gasteiger partial charge is 0.305 e. The normalized spacial score (nSPS) is 19.1. The number of nitrogens with zero attached hydrogens (tertiary/aromatic N) is 3. The van der Waals surface area contributed by atoms with Gasteiger partial charge in [0.25, 0.3) is 5.91 Å². The van der Waals surface area contributed by atoms with Gasteiger partial charge < -0.3 is 5.32 Å². The molecule has 0 unspecified atom stereocenters. The van der Waals surface area contributed by atoms with Crippen LogP contribution in [-0.4, -0.2) is 23.8 Å². The van der Waals surface area contributed by atoms with Gasteiger partial charge in [0.15, 0.2) is 5.71 Å². The van der Waals surface area contributed by atoms with Crippen molar-refractivity contribution in [3.8, 4) is 0 Å². The van der Waals surface area contributed by atoms with E-state index in [1.807, 2.05) is 0 Å². The molecule has 0 aliphatic carbocycles. The smallest absolute Gasteiger partial charge is 0.277 e. The van der Waals surface area contributed by atoms with Gasteiger partial charge in [-0.1, -0.05) is 23.2 Å². The van der Waals surface area contributed by atoms with Crippen molar-refractivity contribution in [1.82, 2.24) is 5.32 Å². The number of hydrogen-bond donors (Lipinski definition) is 1. The van der Waals surface area contributed by atoms with Gasteiger partial charge in [0.05, 0.1) is 11.4 Å². The highest BCUT2D eigenvalue weighted by molar-refractivity contribution is 6.52. The van der Waals surface area contributed by atoms with Crippen molar-refractivity contribution in [3.05, 3.63) is 40.0 Å². The fraction of sp³-hybridized carbons (Fsp3) is 0. The van der Waals surface area contributed by atoms with Gasteiger partial charge in [0.1, 0.15) is 12.2 Å². The summed E-state index contributed by atoms with van der Waals surface area (Å²) in [7, 11) is 0. The van der Waals surface area contributed by atoms with E-state index >= 15 is 0 Å². The summed E-state index contributed by atoms with van der Waals surface area (Å²) in [5, 5.41) is 3.56. The van der Waals surface area contributed by atoms with E-state index in [-0.39, 0.29) is 5.91 Å². The number of rotatable bonds is 1. The lowest BCUT2D eigenvalue weighted by atomic mass is 10.2. The van der Waals surface area contributed by atoms with Gasteiger partial charge in [0.2, 0.25) is 0 Å². The van der Waals surface area contributed by atoms with E-state index in [0.29, 0.717) is 33.0 Å². The monoisotopic (exact) mass is 292 g/mol. The Balaban J connectivity index is 2.01. The van der Waals surface area contributed by atoms with E-state index in [4.69, 9.17) is 23.2 Å². The zero-order valence-corrected chi connectivity index (χ0v) is 10.9. The Kier molecular flexibility index (Phi) is 2.93. The van der Waals surface area contributed by atoms with Crippen molar-refractivity contribution in [2.75, 3.05) is 0 Å². The first-order chi connectivity index (χ1) is 9.11. The van der Waals surface area contributed by atoms with E-state index in [2.05, 4.69) is 20.3 Å². The minimum Gasteiger partial charge on any atom is -0.305 e. The maximum absolute atomic E-state index is 11.7. The van der Waals surface area contributed by atoms with Crippen molar-refractivity contribution in [2.24, 2.45) is 15.0 Å². The average Bonchev–Trinajstić information content (AvgIpc) is 2.75. The third kappa shape index (κ3) is 2.43. The van der Waals surface area contributed by atoms with Crippen molar-refractivity contribution >= 4 is 52.7 Å². The van der Waals surface area contributed by atoms with Gasteiger partial charge in [0, 0.05) is 16.1 Å². The summed E-state index contributed by atoms with van der Waals surface area (Å²) in [6, 6.07) is 4.90. The van der Waals surface area contributed by atoms with Crippen molar-refractivity contribution in [1.29, 1.82) is 0 Å². The molecule has 0 saturated heterocycles. The lowest BCUT2D eigenvalue weighted by molar-refractivity contribution is -0.113. The van der Waals surface area contributed by atoms with Gasteiger partial charge in [-0.2, -0.15) is 0 Å². The van der Waals surface area contributed by atoms with Crippen LogP contribution >= 0.6 is 23.2 Å². The molecule has 0 saturated carbocycles. The second-order valence-corrected chi connectivity index (χ2v) is 4.70.